The molecule has 1 saturated heterocycles. The van der Waals surface area contributed by atoms with Crippen LogP contribution in [0.25, 0.3) is 0 Å². The van der Waals surface area contributed by atoms with E-state index in [1.807, 2.05) is 18.0 Å². The molecule has 0 unspecified atom stereocenters. The van der Waals surface area contributed by atoms with Crippen molar-refractivity contribution in [2.75, 3.05) is 26.7 Å². The van der Waals surface area contributed by atoms with Gasteiger partial charge in [-0.2, -0.15) is 0 Å². The molecule has 0 saturated carbocycles. The third-order valence-corrected chi connectivity index (χ3v) is 6.38. The maximum Gasteiger partial charge on any atom is 0.272 e. The van der Waals surface area contributed by atoms with Crippen LogP contribution in [-0.4, -0.2) is 53.5 Å². The standard InChI is InChI=1S/C25H33N3O2/c1-3-4-13-30-23-9-10-24(26-17-23)25(29)27(2)22-15-20-8-7-19(14-21(20)16-22)18-28-11-5-6-12-28/h7-10,14,17,22H,3-6,11-13,15-16,18H2,1-2H3/t22-/m1/s1. The summed E-state index contributed by atoms with van der Waals surface area (Å²) in [5, 5.41) is 0. The van der Waals surface area contributed by atoms with Gasteiger partial charge >= 0.3 is 0 Å². The molecule has 160 valence electrons. The predicted molar refractivity (Wildman–Crippen MR) is 119 cm³/mol. The quantitative estimate of drug-likeness (QED) is 0.618. The van der Waals surface area contributed by atoms with Gasteiger partial charge in [-0.1, -0.05) is 31.5 Å². The molecule has 1 aliphatic heterocycles. The Morgan fingerprint density at radius 2 is 1.97 bits per heavy atom. The molecule has 0 N–H and O–H groups in total. The fourth-order valence-electron chi connectivity index (χ4n) is 4.49. The van der Waals surface area contributed by atoms with Gasteiger partial charge in [0.1, 0.15) is 11.4 Å². The SMILES string of the molecule is CCCCOc1ccc(C(=O)N(C)[C@@H]2Cc3ccc(CN4CCCC4)cc3C2)nc1. The number of nitrogens with zero attached hydrogens (tertiary/aromatic N) is 3. The minimum Gasteiger partial charge on any atom is -0.492 e. The molecule has 1 fully saturated rings. The van der Waals surface area contributed by atoms with Crippen molar-refractivity contribution in [3.63, 3.8) is 0 Å². The van der Waals surface area contributed by atoms with Crippen molar-refractivity contribution in [3.8, 4) is 5.75 Å². The molecule has 4 rings (SSSR count). The lowest BCUT2D eigenvalue weighted by Gasteiger charge is -2.24. The van der Waals surface area contributed by atoms with Gasteiger partial charge in [0.25, 0.3) is 5.91 Å². The number of hydrogen-bond acceptors (Lipinski definition) is 4. The number of carbonyl (C=O) groups excluding carboxylic acids is 1. The van der Waals surface area contributed by atoms with Gasteiger partial charge in [0.05, 0.1) is 12.8 Å². The van der Waals surface area contributed by atoms with E-state index in [0.717, 1.165) is 38.0 Å². The van der Waals surface area contributed by atoms with Crippen molar-refractivity contribution >= 4 is 5.91 Å². The molecular weight excluding hydrogens is 374 g/mol. The van der Waals surface area contributed by atoms with Crippen LogP contribution in [0.1, 0.15) is 59.8 Å². The number of aromatic nitrogens is 1. The molecule has 2 aliphatic rings. The zero-order chi connectivity index (χ0) is 20.9. The summed E-state index contributed by atoms with van der Waals surface area (Å²) >= 11 is 0. The number of rotatable bonds is 8. The average molecular weight is 408 g/mol. The van der Waals surface area contributed by atoms with E-state index >= 15 is 0 Å². The van der Waals surface area contributed by atoms with Crippen molar-refractivity contribution in [1.29, 1.82) is 0 Å². The summed E-state index contributed by atoms with van der Waals surface area (Å²) in [5.41, 5.74) is 4.64. The Bertz CT molecular complexity index is 859. The van der Waals surface area contributed by atoms with E-state index in [4.69, 9.17) is 4.74 Å². The monoisotopic (exact) mass is 407 g/mol. The lowest BCUT2D eigenvalue weighted by molar-refractivity contribution is 0.0731. The van der Waals surface area contributed by atoms with Crippen LogP contribution in [0, 0.1) is 0 Å². The van der Waals surface area contributed by atoms with Crippen molar-refractivity contribution in [1.82, 2.24) is 14.8 Å². The smallest absolute Gasteiger partial charge is 0.272 e. The Morgan fingerprint density at radius 3 is 2.70 bits per heavy atom. The first-order valence-corrected chi connectivity index (χ1v) is 11.3. The molecule has 5 nitrogen and oxygen atoms in total. The Balaban J connectivity index is 1.36. The summed E-state index contributed by atoms with van der Waals surface area (Å²) in [6.07, 6.45) is 8.25. The second-order valence-electron chi connectivity index (χ2n) is 8.65. The van der Waals surface area contributed by atoms with Crippen LogP contribution in [0.5, 0.6) is 5.75 Å². The summed E-state index contributed by atoms with van der Waals surface area (Å²) < 4.78 is 5.65. The molecular formula is C25H33N3O2. The third kappa shape index (κ3) is 4.84. The van der Waals surface area contributed by atoms with Crippen molar-refractivity contribution in [2.24, 2.45) is 0 Å². The lowest BCUT2D eigenvalue weighted by atomic mass is 10.1. The number of benzene rings is 1. The van der Waals surface area contributed by atoms with Gasteiger partial charge in [0, 0.05) is 19.6 Å². The fourth-order valence-corrected chi connectivity index (χ4v) is 4.49. The molecule has 1 amide bonds. The summed E-state index contributed by atoms with van der Waals surface area (Å²) in [7, 11) is 1.90. The predicted octanol–water partition coefficient (Wildman–Crippen LogP) is 4.10. The molecule has 2 aromatic rings. The number of pyridine rings is 1. The highest BCUT2D eigenvalue weighted by atomic mass is 16.5. The number of carbonyl (C=O) groups is 1. The van der Waals surface area contributed by atoms with E-state index in [1.54, 1.807) is 12.3 Å². The van der Waals surface area contributed by atoms with Crippen molar-refractivity contribution < 1.29 is 9.53 Å². The third-order valence-electron chi connectivity index (χ3n) is 6.38. The van der Waals surface area contributed by atoms with Gasteiger partial charge in [-0.3, -0.25) is 9.69 Å². The minimum absolute atomic E-state index is 0.0230. The van der Waals surface area contributed by atoms with Crippen LogP contribution >= 0.6 is 0 Å². The molecule has 1 aromatic heterocycles. The number of unbranched alkanes of at least 4 members (excludes halogenated alkanes) is 1. The first kappa shape index (κ1) is 20.9. The van der Waals surface area contributed by atoms with E-state index in [9.17, 15) is 4.79 Å². The number of fused-ring (bicyclic) bond motifs is 1. The molecule has 1 atom stereocenters. The maximum absolute atomic E-state index is 13.0. The highest BCUT2D eigenvalue weighted by Gasteiger charge is 2.29. The Kier molecular flexibility index (Phi) is 6.68. The summed E-state index contributed by atoms with van der Waals surface area (Å²) in [5.74, 6) is 0.701. The molecule has 0 bridgehead atoms. The van der Waals surface area contributed by atoms with E-state index in [-0.39, 0.29) is 11.9 Å². The zero-order valence-electron chi connectivity index (χ0n) is 18.3. The summed E-state index contributed by atoms with van der Waals surface area (Å²) in [6.45, 7) is 6.29. The van der Waals surface area contributed by atoms with Gasteiger partial charge < -0.3 is 9.64 Å². The van der Waals surface area contributed by atoms with Gasteiger partial charge in [-0.05, 0) is 74.0 Å². The number of ether oxygens (including phenoxy) is 1. The van der Waals surface area contributed by atoms with Crippen molar-refractivity contribution in [2.45, 2.75) is 58.0 Å². The van der Waals surface area contributed by atoms with E-state index in [1.165, 1.54) is 42.6 Å². The first-order valence-electron chi connectivity index (χ1n) is 11.3. The minimum atomic E-state index is -0.0230. The molecule has 2 heterocycles. The van der Waals surface area contributed by atoms with Gasteiger partial charge in [0.15, 0.2) is 0 Å². The van der Waals surface area contributed by atoms with E-state index in [0.29, 0.717) is 12.3 Å². The first-order chi connectivity index (χ1) is 14.6. The van der Waals surface area contributed by atoms with Crippen molar-refractivity contribution in [3.05, 3.63) is 58.9 Å². The normalized spacial score (nSPS) is 18.4. The Labute approximate surface area is 180 Å². The molecule has 30 heavy (non-hydrogen) atoms. The van der Waals surface area contributed by atoms with E-state index in [2.05, 4.69) is 35.0 Å². The largest absolute Gasteiger partial charge is 0.492 e. The number of likely N-dealkylation sites (tertiary alicyclic amines) is 1. The fraction of sp³-hybridized carbons (Fsp3) is 0.520. The van der Waals surface area contributed by atoms with Crippen LogP contribution in [0.2, 0.25) is 0 Å². The van der Waals surface area contributed by atoms with Crippen LogP contribution in [0.15, 0.2) is 36.5 Å². The zero-order valence-corrected chi connectivity index (χ0v) is 18.3. The molecule has 0 spiro atoms. The number of amides is 1. The number of hydrogen-bond donors (Lipinski definition) is 0. The summed E-state index contributed by atoms with van der Waals surface area (Å²) in [4.78, 5) is 21.7. The van der Waals surface area contributed by atoms with Gasteiger partial charge in [-0.15, -0.1) is 0 Å². The highest BCUT2D eigenvalue weighted by Crippen LogP contribution is 2.28. The number of likely N-dealkylation sites (N-methyl/N-ethyl adjacent to an activating group) is 1. The molecule has 5 heteroatoms. The van der Waals surface area contributed by atoms with Crippen LogP contribution in [0.3, 0.4) is 0 Å². The molecule has 1 aliphatic carbocycles. The van der Waals surface area contributed by atoms with E-state index < -0.39 is 0 Å². The lowest BCUT2D eigenvalue weighted by Crippen LogP contribution is -2.38. The maximum atomic E-state index is 13.0. The van der Waals surface area contributed by atoms with Gasteiger partial charge in [0.2, 0.25) is 0 Å². The second kappa shape index (κ2) is 9.61. The second-order valence-corrected chi connectivity index (χ2v) is 8.65. The average Bonchev–Trinajstić information content (AvgIpc) is 3.43. The molecule has 0 radical (unpaired) electrons. The Hall–Kier alpha value is -2.40. The van der Waals surface area contributed by atoms with Crippen LogP contribution in [-0.2, 0) is 19.4 Å². The Morgan fingerprint density at radius 1 is 1.17 bits per heavy atom. The van der Waals surface area contributed by atoms with Crippen LogP contribution < -0.4 is 4.74 Å². The van der Waals surface area contributed by atoms with Crippen LogP contribution in [0.4, 0.5) is 0 Å². The topological polar surface area (TPSA) is 45.7 Å². The highest BCUT2D eigenvalue weighted by molar-refractivity contribution is 5.92. The van der Waals surface area contributed by atoms with Gasteiger partial charge in [-0.25, -0.2) is 4.98 Å². The molecule has 1 aromatic carbocycles. The summed E-state index contributed by atoms with van der Waals surface area (Å²) in [6, 6.07) is 10.7.